The van der Waals surface area contributed by atoms with Crippen LogP contribution in [0.25, 0.3) is 5.57 Å². The van der Waals surface area contributed by atoms with Gasteiger partial charge < -0.3 is 5.11 Å². The molecule has 3 aliphatic carbocycles. The van der Waals surface area contributed by atoms with Crippen LogP contribution < -0.4 is 0 Å². The van der Waals surface area contributed by atoms with Gasteiger partial charge in [-0.3, -0.25) is 9.59 Å². The predicted molar refractivity (Wildman–Crippen MR) is 157 cm³/mol. The molecule has 1 N–H and O–H groups in total. The second-order valence-corrected chi connectivity index (χ2v) is 14.4. The van der Waals surface area contributed by atoms with Gasteiger partial charge in [-0.25, -0.2) is 0 Å². The van der Waals surface area contributed by atoms with E-state index in [0.717, 1.165) is 36.8 Å². The third-order valence-corrected chi connectivity index (χ3v) is 10.4. The van der Waals surface area contributed by atoms with E-state index in [1.165, 1.54) is 27.8 Å². The quantitative estimate of drug-likeness (QED) is 0.384. The highest BCUT2D eigenvalue weighted by atomic mass is 16.3. The van der Waals surface area contributed by atoms with Crippen LogP contribution in [0.2, 0.25) is 0 Å². The van der Waals surface area contributed by atoms with E-state index in [9.17, 15) is 14.7 Å². The predicted octanol–water partition coefficient (Wildman–Crippen LogP) is 9.00. The van der Waals surface area contributed by atoms with Crippen molar-refractivity contribution in [3.63, 3.8) is 0 Å². The number of allylic oxidation sites excluding steroid dienone is 5. The third kappa shape index (κ3) is 3.98. The van der Waals surface area contributed by atoms with Crippen molar-refractivity contribution < 1.29 is 14.7 Å². The topological polar surface area (TPSA) is 54.4 Å². The SMILES string of the molecule is C=C1C2=C(C)[C@@]3(C)C(=O)C(C(=O)CC(C)(C)CCC)=C(O)C[C@@]3(C)C[C@@]2(C)Cc2c(C(C)C)ccc(C)c21. The molecule has 0 heterocycles. The van der Waals surface area contributed by atoms with Crippen molar-refractivity contribution in [3.8, 4) is 0 Å². The van der Waals surface area contributed by atoms with Crippen LogP contribution in [0.5, 0.6) is 0 Å². The van der Waals surface area contributed by atoms with Gasteiger partial charge in [0, 0.05) is 12.8 Å². The Labute approximate surface area is 230 Å². The lowest BCUT2D eigenvalue weighted by Crippen LogP contribution is -2.56. The molecular formula is C35H48O3. The summed E-state index contributed by atoms with van der Waals surface area (Å²) in [4.78, 5) is 28.0. The smallest absolute Gasteiger partial charge is 0.180 e. The van der Waals surface area contributed by atoms with E-state index < -0.39 is 10.8 Å². The number of Topliss-reactive ketones (excluding diaryl/α,β-unsaturated/α-hetero) is 2. The number of aryl methyl sites for hydroxylation is 1. The number of benzene rings is 1. The number of aliphatic hydroxyl groups excluding tert-OH is 1. The molecule has 3 heteroatoms. The Balaban J connectivity index is 1.89. The fourth-order valence-electron chi connectivity index (χ4n) is 8.57. The second kappa shape index (κ2) is 9.07. The fourth-order valence-corrected chi connectivity index (χ4v) is 8.57. The van der Waals surface area contributed by atoms with Crippen LogP contribution in [0.15, 0.2) is 41.2 Å². The fraction of sp³-hybridized carbons (Fsp3) is 0.600. The molecule has 0 radical (unpaired) electrons. The molecule has 3 aliphatic rings. The lowest BCUT2D eigenvalue weighted by molar-refractivity contribution is -0.136. The highest BCUT2D eigenvalue weighted by Crippen LogP contribution is 2.68. The van der Waals surface area contributed by atoms with Gasteiger partial charge in [-0.05, 0) is 95.6 Å². The van der Waals surface area contributed by atoms with Gasteiger partial charge in [0.15, 0.2) is 11.6 Å². The monoisotopic (exact) mass is 516 g/mol. The van der Waals surface area contributed by atoms with Crippen LogP contribution in [0.3, 0.4) is 0 Å². The summed E-state index contributed by atoms with van der Waals surface area (Å²) in [7, 11) is 0. The molecule has 4 rings (SSSR count). The van der Waals surface area contributed by atoms with Crippen LogP contribution in [0, 0.1) is 28.6 Å². The maximum absolute atomic E-state index is 14.4. The van der Waals surface area contributed by atoms with Gasteiger partial charge in [-0.2, -0.15) is 0 Å². The average Bonchev–Trinajstić information content (AvgIpc) is 2.75. The van der Waals surface area contributed by atoms with Gasteiger partial charge in [0.2, 0.25) is 0 Å². The van der Waals surface area contributed by atoms with E-state index in [-0.39, 0.29) is 40.1 Å². The first-order valence-electron chi connectivity index (χ1n) is 14.5. The number of hydrogen-bond donors (Lipinski definition) is 1. The van der Waals surface area contributed by atoms with Crippen molar-refractivity contribution in [2.75, 3.05) is 0 Å². The molecule has 0 unspecified atom stereocenters. The van der Waals surface area contributed by atoms with Crippen molar-refractivity contribution in [1.29, 1.82) is 0 Å². The first-order chi connectivity index (χ1) is 17.4. The van der Waals surface area contributed by atoms with Crippen LogP contribution >= 0.6 is 0 Å². The number of carbonyl (C=O) groups is 2. The van der Waals surface area contributed by atoms with E-state index in [4.69, 9.17) is 0 Å². The zero-order valence-electron chi connectivity index (χ0n) is 25.4. The molecule has 0 saturated carbocycles. The number of rotatable bonds is 6. The number of hydrogen-bond acceptors (Lipinski definition) is 3. The lowest BCUT2D eigenvalue weighted by Gasteiger charge is -2.59. The first kappa shape index (κ1) is 28.6. The van der Waals surface area contributed by atoms with Gasteiger partial charge in [-0.1, -0.05) is 79.2 Å². The molecule has 3 atom stereocenters. The molecule has 0 bridgehead atoms. The molecule has 0 aliphatic heterocycles. The Morgan fingerprint density at radius 3 is 2.34 bits per heavy atom. The van der Waals surface area contributed by atoms with Crippen molar-refractivity contribution in [1.82, 2.24) is 0 Å². The molecule has 1 aromatic rings. The number of ketones is 2. The largest absolute Gasteiger partial charge is 0.511 e. The minimum Gasteiger partial charge on any atom is -0.511 e. The Bertz CT molecular complexity index is 1300. The molecule has 206 valence electrons. The Morgan fingerprint density at radius 2 is 1.76 bits per heavy atom. The van der Waals surface area contributed by atoms with Crippen LogP contribution in [-0.4, -0.2) is 16.7 Å². The van der Waals surface area contributed by atoms with Gasteiger partial charge in [0.05, 0.1) is 11.0 Å². The van der Waals surface area contributed by atoms with Gasteiger partial charge >= 0.3 is 0 Å². The minimum absolute atomic E-state index is 0.0131. The lowest BCUT2D eigenvalue weighted by atomic mass is 9.42. The van der Waals surface area contributed by atoms with E-state index in [1.807, 2.05) is 6.92 Å². The summed E-state index contributed by atoms with van der Waals surface area (Å²) in [5.41, 5.74) is 6.67. The summed E-state index contributed by atoms with van der Waals surface area (Å²) < 4.78 is 0. The van der Waals surface area contributed by atoms with Gasteiger partial charge in [0.25, 0.3) is 0 Å². The standard InChI is InChI=1S/C35H48O3/c1-12-15-32(7,8)17-26(36)29-27(37)18-34(10)19-33(9)16-25-24(20(2)3)14-13-21(4)28(25)22(5)30(33)23(6)35(34,11)31(29)38/h13-14,20,37H,5,12,15-19H2,1-4,6-11H3/t33-,34+,35+/m1/s1. The van der Waals surface area contributed by atoms with E-state index in [2.05, 4.69) is 81.0 Å². The normalized spacial score (nSPS) is 29.4. The zero-order valence-corrected chi connectivity index (χ0v) is 25.4. The number of fused-ring (bicyclic) bond motifs is 3. The molecule has 0 fully saturated rings. The zero-order chi connectivity index (χ0) is 28.6. The maximum atomic E-state index is 14.4. The summed E-state index contributed by atoms with van der Waals surface area (Å²) in [5.74, 6) is -0.0311. The number of aliphatic hydroxyl groups is 1. The summed E-state index contributed by atoms with van der Waals surface area (Å²) in [6.45, 7) is 26.1. The molecular weight excluding hydrogens is 468 g/mol. The Morgan fingerprint density at radius 1 is 1.13 bits per heavy atom. The van der Waals surface area contributed by atoms with Crippen molar-refractivity contribution >= 4 is 17.1 Å². The van der Waals surface area contributed by atoms with Gasteiger partial charge in [0.1, 0.15) is 5.76 Å². The highest BCUT2D eigenvalue weighted by Gasteiger charge is 2.63. The van der Waals surface area contributed by atoms with Crippen molar-refractivity contribution in [3.05, 3.63) is 63.4 Å². The average molecular weight is 517 g/mol. The molecule has 0 aromatic heterocycles. The van der Waals surface area contributed by atoms with E-state index >= 15 is 0 Å². The first-order valence-corrected chi connectivity index (χ1v) is 14.5. The molecule has 1 aromatic carbocycles. The molecule has 0 spiro atoms. The summed E-state index contributed by atoms with van der Waals surface area (Å²) in [5, 5.41) is 11.3. The second-order valence-electron chi connectivity index (χ2n) is 14.4. The summed E-state index contributed by atoms with van der Waals surface area (Å²) >= 11 is 0. The minimum atomic E-state index is -0.877. The summed E-state index contributed by atoms with van der Waals surface area (Å²) in [6.07, 6.45) is 4.13. The highest BCUT2D eigenvalue weighted by molar-refractivity contribution is 6.24. The van der Waals surface area contributed by atoms with E-state index in [1.54, 1.807) is 0 Å². The van der Waals surface area contributed by atoms with Crippen molar-refractivity contribution in [2.45, 2.75) is 114 Å². The Kier molecular flexibility index (Phi) is 6.82. The van der Waals surface area contributed by atoms with Crippen LogP contribution in [0.1, 0.15) is 123 Å². The summed E-state index contributed by atoms with van der Waals surface area (Å²) in [6, 6.07) is 4.47. The van der Waals surface area contributed by atoms with E-state index in [0.29, 0.717) is 12.3 Å². The molecule has 3 nitrogen and oxygen atoms in total. The molecule has 38 heavy (non-hydrogen) atoms. The third-order valence-electron chi connectivity index (χ3n) is 10.4. The van der Waals surface area contributed by atoms with Crippen LogP contribution in [0.4, 0.5) is 0 Å². The Hall–Kier alpha value is -2.42. The molecule has 0 amide bonds. The maximum Gasteiger partial charge on any atom is 0.180 e. The number of carbonyl (C=O) groups excluding carboxylic acids is 2. The van der Waals surface area contributed by atoms with Crippen molar-refractivity contribution in [2.24, 2.45) is 21.7 Å². The van der Waals surface area contributed by atoms with Crippen LogP contribution in [-0.2, 0) is 16.0 Å². The molecule has 0 saturated heterocycles. The van der Waals surface area contributed by atoms with Gasteiger partial charge in [-0.15, -0.1) is 0 Å².